The summed E-state index contributed by atoms with van der Waals surface area (Å²) < 4.78 is 64.5. The molecular weight excluding hydrogens is 631 g/mol. The number of aromatic nitrogens is 2. The second-order valence-corrected chi connectivity index (χ2v) is 13.0. The molecule has 17 heteroatoms. The minimum atomic E-state index is -4.60. The molecule has 224 valence electrons. The van der Waals surface area contributed by atoms with E-state index in [1.54, 1.807) is 18.2 Å². The molecule has 1 aromatic heterocycles. The maximum absolute atomic E-state index is 12.0. The third kappa shape index (κ3) is 8.57. The van der Waals surface area contributed by atoms with E-state index in [4.69, 9.17) is 27.8 Å². The highest BCUT2D eigenvalue weighted by molar-refractivity contribution is 7.86. The van der Waals surface area contributed by atoms with Crippen LogP contribution in [0.3, 0.4) is 0 Å². The number of rotatable bonds is 12. The number of halogens is 2. The molecule has 1 unspecified atom stereocenters. The number of nitrogens with one attached hydrogen (secondary N) is 1. The van der Waals surface area contributed by atoms with Crippen molar-refractivity contribution in [3.05, 3.63) is 57.7 Å². The molecule has 3 rings (SSSR count). The fourth-order valence-electron chi connectivity index (χ4n) is 4.14. The topological polar surface area (TPSA) is 204 Å². The number of carbonyl (C=O) groups is 1. The highest BCUT2D eigenvalue weighted by Gasteiger charge is 2.22. The van der Waals surface area contributed by atoms with Crippen LogP contribution in [-0.2, 0) is 25.0 Å². The molecule has 2 aromatic carbocycles. The molecule has 1 atom stereocenters. The number of carbonyl (C=O) groups excluding carboxylic acids is 1. The Bertz CT molecular complexity index is 1760. The van der Waals surface area contributed by atoms with Crippen molar-refractivity contribution in [2.45, 2.75) is 50.3 Å². The zero-order valence-corrected chi connectivity index (χ0v) is 25.5. The van der Waals surface area contributed by atoms with Crippen LogP contribution in [0.15, 0.2) is 51.7 Å². The summed E-state index contributed by atoms with van der Waals surface area (Å²) in [5.41, 5.74) is 1.41. The Kier molecular flexibility index (Phi) is 10.8. The van der Waals surface area contributed by atoms with Crippen LogP contribution < -0.4 is 5.32 Å². The standard InChI is InChI=1S/C25H26Cl2N6O7S2/c1-3-16(6-4-5-9-41(35,36)37)17-7-8-22(23(10-17)30-15(2)34)31-32-25-18(13-28)14-29-33(25)24-20(26)11-19(12-21(24)27)42(38,39)40/h7-8,10-12,14,16H,3-6,9H2,1-2H3,(H,30,34)(H,35,36,37)(H,38,39,40). The van der Waals surface area contributed by atoms with Crippen LogP contribution in [0.5, 0.6) is 0 Å². The van der Waals surface area contributed by atoms with Crippen LogP contribution in [0, 0.1) is 11.3 Å². The van der Waals surface area contributed by atoms with Gasteiger partial charge in [-0.15, -0.1) is 10.2 Å². The average Bonchev–Trinajstić information content (AvgIpc) is 3.28. The van der Waals surface area contributed by atoms with Gasteiger partial charge in [-0.3, -0.25) is 13.9 Å². The Morgan fingerprint density at radius 3 is 2.33 bits per heavy atom. The van der Waals surface area contributed by atoms with Crippen LogP contribution in [0.2, 0.25) is 10.0 Å². The summed E-state index contributed by atoms with van der Waals surface area (Å²) in [6.45, 7) is 3.30. The molecule has 13 nitrogen and oxygen atoms in total. The number of hydrogen-bond acceptors (Lipinski definition) is 9. The van der Waals surface area contributed by atoms with E-state index < -0.39 is 25.1 Å². The third-order valence-corrected chi connectivity index (χ3v) is 8.33. The van der Waals surface area contributed by atoms with Crippen molar-refractivity contribution in [3.8, 4) is 11.8 Å². The second-order valence-electron chi connectivity index (χ2n) is 9.16. The molecule has 0 aliphatic carbocycles. The average molecular weight is 658 g/mol. The van der Waals surface area contributed by atoms with E-state index in [2.05, 4.69) is 20.6 Å². The van der Waals surface area contributed by atoms with Gasteiger partial charge in [0, 0.05) is 6.92 Å². The normalized spacial score (nSPS) is 12.8. The van der Waals surface area contributed by atoms with Gasteiger partial charge < -0.3 is 5.32 Å². The Balaban J connectivity index is 2.00. The lowest BCUT2D eigenvalue weighted by molar-refractivity contribution is -0.114. The smallest absolute Gasteiger partial charge is 0.294 e. The van der Waals surface area contributed by atoms with Crippen LogP contribution in [0.25, 0.3) is 5.69 Å². The maximum Gasteiger partial charge on any atom is 0.294 e. The van der Waals surface area contributed by atoms with Crippen molar-refractivity contribution in [1.29, 1.82) is 5.26 Å². The number of unbranched alkanes of at least 4 members (excludes halogenated alkanes) is 1. The molecule has 0 spiro atoms. The van der Waals surface area contributed by atoms with Crippen LogP contribution in [0.4, 0.5) is 17.2 Å². The van der Waals surface area contributed by atoms with Gasteiger partial charge in [0.1, 0.15) is 23.0 Å². The summed E-state index contributed by atoms with van der Waals surface area (Å²) in [5, 5.41) is 24.4. The Hall–Kier alpha value is -3.39. The lowest BCUT2D eigenvalue weighted by Crippen LogP contribution is -2.08. The predicted octanol–water partition coefficient (Wildman–Crippen LogP) is 6.22. The molecule has 0 radical (unpaired) electrons. The molecule has 1 amide bonds. The molecule has 0 saturated carbocycles. The summed E-state index contributed by atoms with van der Waals surface area (Å²) in [6, 6.07) is 9.01. The van der Waals surface area contributed by atoms with E-state index in [1.165, 1.54) is 13.1 Å². The zero-order chi connectivity index (χ0) is 31.2. The lowest BCUT2D eigenvalue weighted by Gasteiger charge is -2.17. The SMILES string of the molecule is CCC(CCCCS(=O)(=O)O)c1ccc(N=Nc2c(C#N)cnn2-c2c(Cl)cc(S(=O)(=O)O)cc2Cl)c(NC(C)=O)c1. The first-order valence-corrected chi connectivity index (χ1v) is 16.2. The first kappa shape index (κ1) is 33.1. The number of benzene rings is 2. The quantitative estimate of drug-likeness (QED) is 0.115. The van der Waals surface area contributed by atoms with Crippen molar-refractivity contribution < 1.29 is 30.7 Å². The fourth-order valence-corrected chi connectivity index (χ4v) is 6.02. The van der Waals surface area contributed by atoms with Crippen LogP contribution >= 0.6 is 23.2 Å². The van der Waals surface area contributed by atoms with Gasteiger partial charge in [0.25, 0.3) is 20.2 Å². The predicted molar refractivity (Wildman–Crippen MR) is 156 cm³/mol. The molecule has 0 aliphatic rings. The van der Waals surface area contributed by atoms with Gasteiger partial charge in [-0.25, -0.2) is 4.68 Å². The Labute approximate surface area is 252 Å². The highest BCUT2D eigenvalue weighted by atomic mass is 35.5. The van der Waals surface area contributed by atoms with E-state index >= 15 is 0 Å². The van der Waals surface area contributed by atoms with Gasteiger partial charge in [-0.2, -0.15) is 27.2 Å². The molecule has 0 bridgehead atoms. The number of azo groups is 1. The summed E-state index contributed by atoms with van der Waals surface area (Å²) in [5.74, 6) is -0.747. The molecule has 0 aliphatic heterocycles. The van der Waals surface area contributed by atoms with E-state index in [1.807, 2.05) is 13.0 Å². The van der Waals surface area contributed by atoms with Crippen LogP contribution in [0.1, 0.15) is 56.6 Å². The monoisotopic (exact) mass is 656 g/mol. The van der Waals surface area contributed by atoms with E-state index in [0.717, 1.165) is 28.8 Å². The molecule has 3 N–H and O–H groups in total. The van der Waals surface area contributed by atoms with Gasteiger partial charge in [-0.05, 0) is 55.0 Å². The van der Waals surface area contributed by atoms with E-state index in [9.17, 15) is 31.4 Å². The summed E-state index contributed by atoms with van der Waals surface area (Å²) in [6.07, 6.45) is 3.43. The van der Waals surface area contributed by atoms with Crippen molar-refractivity contribution >= 4 is 66.5 Å². The Morgan fingerprint density at radius 2 is 1.79 bits per heavy atom. The molecular formula is C25H26Cl2N6O7S2. The zero-order valence-electron chi connectivity index (χ0n) is 22.3. The van der Waals surface area contributed by atoms with Crippen molar-refractivity contribution in [1.82, 2.24) is 9.78 Å². The molecule has 0 fully saturated rings. The lowest BCUT2D eigenvalue weighted by atomic mass is 9.91. The first-order chi connectivity index (χ1) is 19.6. The van der Waals surface area contributed by atoms with Gasteiger partial charge >= 0.3 is 0 Å². The number of hydrogen-bond donors (Lipinski definition) is 3. The Morgan fingerprint density at radius 1 is 1.12 bits per heavy atom. The van der Waals surface area contributed by atoms with E-state index in [0.29, 0.717) is 24.9 Å². The molecule has 3 aromatic rings. The first-order valence-electron chi connectivity index (χ1n) is 12.4. The maximum atomic E-state index is 12.0. The number of nitriles is 1. The largest absolute Gasteiger partial charge is 0.324 e. The van der Waals surface area contributed by atoms with Gasteiger partial charge in [0.2, 0.25) is 5.91 Å². The number of amides is 1. The molecule has 42 heavy (non-hydrogen) atoms. The van der Waals surface area contributed by atoms with Gasteiger partial charge in [0.15, 0.2) is 5.82 Å². The summed E-state index contributed by atoms with van der Waals surface area (Å²) in [7, 11) is -8.63. The summed E-state index contributed by atoms with van der Waals surface area (Å²) >= 11 is 12.5. The number of anilines is 1. The fraction of sp³-hybridized carbons (Fsp3) is 0.320. The van der Waals surface area contributed by atoms with Crippen molar-refractivity contribution in [3.63, 3.8) is 0 Å². The molecule has 1 heterocycles. The van der Waals surface area contributed by atoms with Gasteiger partial charge in [0.05, 0.1) is 32.6 Å². The van der Waals surface area contributed by atoms with Crippen molar-refractivity contribution in [2.24, 2.45) is 10.2 Å². The highest BCUT2D eigenvalue weighted by Crippen LogP contribution is 2.37. The second kappa shape index (κ2) is 13.7. The number of nitrogens with zero attached hydrogens (tertiary/aromatic N) is 5. The minimum absolute atomic E-state index is 0.0154. The van der Waals surface area contributed by atoms with Crippen molar-refractivity contribution in [2.75, 3.05) is 11.1 Å². The summed E-state index contributed by atoms with van der Waals surface area (Å²) in [4.78, 5) is 11.4. The van der Waals surface area contributed by atoms with E-state index in [-0.39, 0.29) is 50.4 Å². The molecule has 0 saturated heterocycles. The van der Waals surface area contributed by atoms with Gasteiger partial charge in [-0.1, -0.05) is 42.6 Å². The van der Waals surface area contributed by atoms with Crippen LogP contribution in [-0.4, -0.2) is 47.4 Å². The third-order valence-electron chi connectivity index (χ3n) is 6.12. The minimum Gasteiger partial charge on any atom is -0.324 e.